The maximum absolute atomic E-state index is 10.1. The highest BCUT2D eigenvalue weighted by molar-refractivity contribution is 7.99. The lowest BCUT2D eigenvalue weighted by molar-refractivity contribution is 0.435. The third-order valence-corrected chi connectivity index (χ3v) is 4.52. The summed E-state index contributed by atoms with van der Waals surface area (Å²) in [5.74, 6) is 0.351. The van der Waals surface area contributed by atoms with Gasteiger partial charge in [0.15, 0.2) is 0 Å². The zero-order valence-corrected chi connectivity index (χ0v) is 12.4. The molecule has 0 spiro atoms. The average molecular weight is 288 g/mol. The van der Waals surface area contributed by atoms with E-state index < -0.39 is 0 Å². The van der Waals surface area contributed by atoms with E-state index >= 15 is 0 Å². The van der Waals surface area contributed by atoms with E-state index in [1.165, 1.54) is 0 Å². The Morgan fingerprint density at radius 2 is 1.60 bits per heavy atom. The van der Waals surface area contributed by atoms with Crippen LogP contribution in [0.4, 0.5) is 0 Å². The summed E-state index contributed by atoms with van der Waals surface area (Å²) >= 11 is 1.69. The quantitative estimate of drug-likeness (QED) is 0.725. The monoisotopic (exact) mass is 288 g/mol. The van der Waals surface area contributed by atoms with Gasteiger partial charge in [0.2, 0.25) is 0 Å². The molecule has 0 aliphatic heterocycles. The van der Waals surface area contributed by atoms with Crippen LogP contribution < -0.4 is 0 Å². The van der Waals surface area contributed by atoms with E-state index in [1.54, 1.807) is 30.0 Å². The van der Waals surface area contributed by atoms with Crippen molar-refractivity contribution in [2.75, 3.05) is 0 Å². The number of unbranched alkanes of at least 4 members (excludes halogenated alkanes) is 1. The fraction of sp³-hybridized carbons (Fsp3) is 0.294. The number of phenolic OH excluding ortho intramolecular Hbond substituents is 2. The minimum Gasteiger partial charge on any atom is -0.507 e. The molecule has 2 rings (SSSR count). The van der Waals surface area contributed by atoms with E-state index in [-0.39, 0.29) is 16.7 Å². The van der Waals surface area contributed by atoms with Crippen LogP contribution in [-0.4, -0.2) is 10.2 Å². The molecule has 0 fully saturated rings. The molecule has 3 heteroatoms. The molecule has 2 N–H and O–H groups in total. The molecule has 2 aromatic rings. The van der Waals surface area contributed by atoms with Gasteiger partial charge in [-0.15, -0.1) is 11.8 Å². The highest BCUT2D eigenvalue weighted by Gasteiger charge is 2.20. The smallest absolute Gasteiger partial charge is 0.123 e. The van der Waals surface area contributed by atoms with Crippen LogP contribution in [0.5, 0.6) is 11.5 Å². The van der Waals surface area contributed by atoms with Gasteiger partial charge in [-0.3, -0.25) is 0 Å². The van der Waals surface area contributed by atoms with Gasteiger partial charge in [0.05, 0.1) is 0 Å². The van der Waals surface area contributed by atoms with Crippen LogP contribution in [0, 0.1) is 0 Å². The first-order valence-corrected chi connectivity index (χ1v) is 7.83. The maximum atomic E-state index is 10.1. The zero-order valence-electron chi connectivity index (χ0n) is 11.6. The Bertz CT molecular complexity index is 520. The molecule has 0 heterocycles. The minimum atomic E-state index is 0.0681. The van der Waals surface area contributed by atoms with Crippen LogP contribution in [0.15, 0.2) is 53.4 Å². The topological polar surface area (TPSA) is 40.5 Å². The van der Waals surface area contributed by atoms with Gasteiger partial charge in [0.25, 0.3) is 0 Å². The third kappa shape index (κ3) is 3.70. The first kappa shape index (κ1) is 14.8. The second-order valence-electron chi connectivity index (χ2n) is 4.77. The van der Waals surface area contributed by atoms with Crippen molar-refractivity contribution in [1.82, 2.24) is 0 Å². The molecule has 0 saturated heterocycles. The number of benzene rings is 2. The molecule has 2 nitrogen and oxygen atoms in total. The lowest BCUT2D eigenvalue weighted by atomic mass is 10.0. The van der Waals surface area contributed by atoms with Crippen LogP contribution in [0.25, 0.3) is 0 Å². The standard InChI is InChI=1S/C17H20O2S/c1-2-3-12-16(20-13-8-5-4-6-9-13)17-14(18)10-7-11-15(17)19/h4-11,16,18-19H,2-3,12H2,1H3. The summed E-state index contributed by atoms with van der Waals surface area (Å²) in [4.78, 5) is 1.15. The fourth-order valence-corrected chi connectivity index (χ4v) is 3.47. The van der Waals surface area contributed by atoms with Gasteiger partial charge in [-0.05, 0) is 30.7 Å². The molecule has 0 amide bonds. The van der Waals surface area contributed by atoms with Crippen molar-refractivity contribution in [3.63, 3.8) is 0 Å². The van der Waals surface area contributed by atoms with Gasteiger partial charge in [0.1, 0.15) is 11.5 Å². The normalized spacial score (nSPS) is 12.2. The fourth-order valence-electron chi connectivity index (χ4n) is 2.19. The van der Waals surface area contributed by atoms with E-state index in [4.69, 9.17) is 0 Å². The highest BCUT2D eigenvalue weighted by atomic mass is 32.2. The summed E-state index contributed by atoms with van der Waals surface area (Å²) in [6.07, 6.45) is 3.10. The van der Waals surface area contributed by atoms with Crippen molar-refractivity contribution in [3.8, 4) is 11.5 Å². The molecule has 0 bridgehead atoms. The Balaban J connectivity index is 2.27. The number of phenols is 2. The second kappa shape index (κ2) is 7.25. The molecule has 2 aromatic carbocycles. The SMILES string of the molecule is CCCCC(Sc1ccccc1)c1c(O)cccc1O. The molecular weight excluding hydrogens is 268 g/mol. The molecule has 106 valence electrons. The van der Waals surface area contributed by atoms with Crippen LogP contribution in [-0.2, 0) is 0 Å². The van der Waals surface area contributed by atoms with Crippen molar-refractivity contribution >= 4 is 11.8 Å². The van der Waals surface area contributed by atoms with E-state index in [1.807, 2.05) is 18.2 Å². The molecule has 1 unspecified atom stereocenters. The third-order valence-electron chi connectivity index (χ3n) is 3.22. The van der Waals surface area contributed by atoms with E-state index in [2.05, 4.69) is 19.1 Å². The maximum Gasteiger partial charge on any atom is 0.123 e. The van der Waals surface area contributed by atoms with Crippen molar-refractivity contribution < 1.29 is 10.2 Å². The van der Waals surface area contributed by atoms with Crippen LogP contribution in [0.1, 0.15) is 37.0 Å². The Hall–Kier alpha value is -1.61. The number of aromatic hydroxyl groups is 2. The van der Waals surface area contributed by atoms with Crippen LogP contribution in [0.2, 0.25) is 0 Å². The first-order valence-electron chi connectivity index (χ1n) is 6.95. The molecule has 0 aliphatic carbocycles. The summed E-state index contributed by atoms with van der Waals surface area (Å²) in [7, 11) is 0. The molecule has 0 saturated carbocycles. The van der Waals surface area contributed by atoms with Gasteiger partial charge >= 0.3 is 0 Å². The average Bonchev–Trinajstić information content (AvgIpc) is 2.45. The van der Waals surface area contributed by atoms with Gasteiger partial charge in [-0.2, -0.15) is 0 Å². The van der Waals surface area contributed by atoms with E-state index in [0.29, 0.717) is 5.56 Å². The lowest BCUT2D eigenvalue weighted by Crippen LogP contribution is -1.96. The van der Waals surface area contributed by atoms with Crippen LogP contribution in [0.3, 0.4) is 0 Å². The van der Waals surface area contributed by atoms with Gasteiger partial charge < -0.3 is 10.2 Å². The van der Waals surface area contributed by atoms with Gasteiger partial charge in [-0.1, -0.05) is 44.0 Å². The summed E-state index contributed by atoms with van der Waals surface area (Å²) in [6, 6.07) is 15.1. The minimum absolute atomic E-state index is 0.0681. The van der Waals surface area contributed by atoms with Crippen molar-refractivity contribution in [1.29, 1.82) is 0 Å². The molecule has 1 atom stereocenters. The summed E-state index contributed by atoms with van der Waals surface area (Å²) in [6.45, 7) is 2.15. The zero-order chi connectivity index (χ0) is 14.4. The van der Waals surface area contributed by atoms with Crippen molar-refractivity contribution in [2.24, 2.45) is 0 Å². The largest absolute Gasteiger partial charge is 0.507 e. The van der Waals surface area contributed by atoms with Crippen molar-refractivity contribution in [2.45, 2.75) is 36.3 Å². The predicted octanol–water partition coefficient (Wildman–Crippen LogP) is 5.12. The summed E-state index contributed by atoms with van der Waals surface area (Å²) in [5, 5.41) is 20.2. The lowest BCUT2D eigenvalue weighted by Gasteiger charge is -2.19. The van der Waals surface area contributed by atoms with Gasteiger partial charge in [-0.25, -0.2) is 0 Å². The van der Waals surface area contributed by atoms with E-state index in [0.717, 1.165) is 24.2 Å². The molecule has 20 heavy (non-hydrogen) atoms. The van der Waals surface area contributed by atoms with Crippen LogP contribution >= 0.6 is 11.8 Å². The Labute approximate surface area is 124 Å². The number of hydrogen-bond acceptors (Lipinski definition) is 3. The molecule has 0 radical (unpaired) electrons. The number of thioether (sulfide) groups is 1. The number of hydrogen-bond donors (Lipinski definition) is 2. The molecular formula is C17H20O2S. The Morgan fingerprint density at radius 3 is 2.20 bits per heavy atom. The van der Waals surface area contributed by atoms with Gasteiger partial charge in [0, 0.05) is 15.7 Å². The summed E-state index contributed by atoms with van der Waals surface area (Å²) < 4.78 is 0. The Kier molecular flexibility index (Phi) is 5.36. The van der Waals surface area contributed by atoms with Crippen molar-refractivity contribution in [3.05, 3.63) is 54.1 Å². The molecule has 0 aromatic heterocycles. The molecule has 0 aliphatic rings. The highest BCUT2D eigenvalue weighted by Crippen LogP contribution is 2.45. The number of rotatable bonds is 6. The predicted molar refractivity (Wildman–Crippen MR) is 84.3 cm³/mol. The first-order chi connectivity index (χ1) is 9.72. The Morgan fingerprint density at radius 1 is 0.950 bits per heavy atom. The van der Waals surface area contributed by atoms with E-state index in [9.17, 15) is 10.2 Å². The summed E-state index contributed by atoms with van der Waals surface area (Å²) in [5.41, 5.74) is 0.648. The second-order valence-corrected chi connectivity index (χ2v) is 6.05.